The molecule has 0 saturated heterocycles. The molecule has 0 spiro atoms. The molecule has 3 nitrogen and oxygen atoms in total. The van der Waals surface area contributed by atoms with Gasteiger partial charge in [0.15, 0.2) is 5.78 Å². The summed E-state index contributed by atoms with van der Waals surface area (Å²) in [5.41, 5.74) is 1.50. The highest BCUT2D eigenvalue weighted by atomic mass is 16.5. The van der Waals surface area contributed by atoms with E-state index >= 15 is 0 Å². The summed E-state index contributed by atoms with van der Waals surface area (Å²) in [6.07, 6.45) is 4.31. The molecule has 0 unspecified atom stereocenters. The first-order chi connectivity index (χ1) is 10.2. The number of rotatable bonds is 5. The standard InChI is InChI=1S/C18H16O3/c1-21-17-11-8-14(9-12-17)7-10-16(19)13-18(20)15-5-3-2-4-6-15/h2-13,20H,1H3. The van der Waals surface area contributed by atoms with Gasteiger partial charge in [0.25, 0.3) is 0 Å². The number of aliphatic hydroxyl groups is 1. The summed E-state index contributed by atoms with van der Waals surface area (Å²) in [4.78, 5) is 11.8. The van der Waals surface area contributed by atoms with Gasteiger partial charge in [0.05, 0.1) is 7.11 Å². The number of ketones is 1. The van der Waals surface area contributed by atoms with Crippen LogP contribution in [0, 0.1) is 0 Å². The molecular formula is C18H16O3. The molecule has 1 N–H and O–H groups in total. The Morgan fingerprint density at radius 2 is 1.71 bits per heavy atom. The number of aliphatic hydroxyl groups excluding tert-OH is 1. The number of hydrogen-bond donors (Lipinski definition) is 1. The molecule has 0 atom stereocenters. The minimum Gasteiger partial charge on any atom is -0.507 e. The van der Waals surface area contributed by atoms with Gasteiger partial charge >= 0.3 is 0 Å². The van der Waals surface area contributed by atoms with Gasteiger partial charge in [0, 0.05) is 11.6 Å². The van der Waals surface area contributed by atoms with E-state index in [1.165, 1.54) is 12.2 Å². The van der Waals surface area contributed by atoms with E-state index in [0.717, 1.165) is 11.3 Å². The maximum atomic E-state index is 11.8. The number of carbonyl (C=O) groups is 1. The smallest absolute Gasteiger partial charge is 0.182 e. The Labute approximate surface area is 123 Å². The van der Waals surface area contributed by atoms with Crippen LogP contribution in [0.15, 0.2) is 66.7 Å². The lowest BCUT2D eigenvalue weighted by molar-refractivity contribution is -0.110. The SMILES string of the molecule is COc1ccc(C=CC(=O)C=C(O)c2ccccc2)cc1. The minimum absolute atomic E-state index is 0.0417. The maximum Gasteiger partial charge on any atom is 0.182 e. The first-order valence-corrected chi connectivity index (χ1v) is 6.51. The van der Waals surface area contributed by atoms with E-state index in [-0.39, 0.29) is 11.5 Å². The van der Waals surface area contributed by atoms with Crippen molar-refractivity contribution in [3.05, 3.63) is 77.9 Å². The van der Waals surface area contributed by atoms with E-state index in [0.29, 0.717) is 5.56 Å². The molecule has 0 saturated carbocycles. The molecule has 106 valence electrons. The van der Waals surface area contributed by atoms with Crippen LogP contribution in [0.4, 0.5) is 0 Å². The molecule has 0 aliphatic rings. The van der Waals surface area contributed by atoms with E-state index in [1.54, 1.807) is 37.5 Å². The summed E-state index contributed by atoms with van der Waals surface area (Å²) in [6.45, 7) is 0. The van der Waals surface area contributed by atoms with Gasteiger partial charge in [-0.15, -0.1) is 0 Å². The molecule has 0 heterocycles. The van der Waals surface area contributed by atoms with Crippen molar-refractivity contribution >= 4 is 17.6 Å². The Kier molecular flexibility index (Phi) is 4.94. The molecule has 0 bridgehead atoms. The van der Waals surface area contributed by atoms with E-state index in [9.17, 15) is 9.90 Å². The van der Waals surface area contributed by atoms with Crippen LogP contribution in [-0.2, 0) is 4.79 Å². The summed E-state index contributed by atoms with van der Waals surface area (Å²) in [5.74, 6) is 0.451. The van der Waals surface area contributed by atoms with E-state index < -0.39 is 0 Å². The number of benzene rings is 2. The largest absolute Gasteiger partial charge is 0.507 e. The van der Waals surface area contributed by atoms with Crippen LogP contribution in [0.3, 0.4) is 0 Å². The number of hydrogen-bond acceptors (Lipinski definition) is 3. The molecule has 0 aliphatic carbocycles. The monoisotopic (exact) mass is 280 g/mol. The third-order valence-electron chi connectivity index (χ3n) is 2.90. The lowest BCUT2D eigenvalue weighted by Gasteiger charge is -1.99. The second kappa shape index (κ2) is 7.10. The Morgan fingerprint density at radius 3 is 2.33 bits per heavy atom. The normalized spacial score (nSPS) is 11.6. The fourth-order valence-electron chi connectivity index (χ4n) is 1.77. The lowest BCUT2D eigenvalue weighted by Crippen LogP contribution is -1.90. The third-order valence-corrected chi connectivity index (χ3v) is 2.90. The number of carbonyl (C=O) groups excluding carboxylic acids is 1. The van der Waals surface area contributed by atoms with Crippen LogP contribution < -0.4 is 4.74 Å². The summed E-state index contributed by atoms with van der Waals surface area (Å²) in [6, 6.07) is 16.3. The molecule has 21 heavy (non-hydrogen) atoms. The zero-order valence-corrected chi connectivity index (χ0v) is 11.7. The summed E-state index contributed by atoms with van der Waals surface area (Å²) < 4.78 is 5.06. The van der Waals surface area contributed by atoms with Gasteiger partial charge in [0.2, 0.25) is 0 Å². The van der Waals surface area contributed by atoms with Crippen LogP contribution in [-0.4, -0.2) is 18.0 Å². The fourth-order valence-corrected chi connectivity index (χ4v) is 1.77. The van der Waals surface area contributed by atoms with E-state index in [2.05, 4.69) is 0 Å². The zero-order valence-electron chi connectivity index (χ0n) is 11.7. The Bertz CT molecular complexity index is 653. The molecule has 0 radical (unpaired) electrons. The van der Waals surface area contributed by atoms with Crippen LogP contribution in [0.2, 0.25) is 0 Å². The molecule has 2 aromatic rings. The van der Waals surface area contributed by atoms with Crippen molar-refractivity contribution in [1.29, 1.82) is 0 Å². The molecule has 2 aromatic carbocycles. The Balaban J connectivity index is 2.05. The second-order valence-corrected chi connectivity index (χ2v) is 4.40. The highest BCUT2D eigenvalue weighted by Crippen LogP contribution is 2.13. The number of ether oxygens (including phenoxy) is 1. The van der Waals surface area contributed by atoms with Gasteiger partial charge in [-0.3, -0.25) is 4.79 Å². The molecule has 3 heteroatoms. The molecule has 0 amide bonds. The topological polar surface area (TPSA) is 46.5 Å². The summed E-state index contributed by atoms with van der Waals surface area (Å²) in [7, 11) is 1.60. The molecule has 0 fully saturated rings. The highest BCUT2D eigenvalue weighted by molar-refractivity contribution is 6.05. The lowest BCUT2D eigenvalue weighted by atomic mass is 10.1. The molecule has 0 aromatic heterocycles. The third kappa shape index (κ3) is 4.35. The average molecular weight is 280 g/mol. The average Bonchev–Trinajstić information content (AvgIpc) is 2.54. The predicted molar refractivity (Wildman–Crippen MR) is 84.1 cm³/mol. The van der Waals surface area contributed by atoms with Crippen molar-refractivity contribution in [2.24, 2.45) is 0 Å². The van der Waals surface area contributed by atoms with Crippen molar-refractivity contribution in [3.63, 3.8) is 0 Å². The van der Waals surface area contributed by atoms with Gasteiger partial charge in [-0.05, 0) is 23.8 Å². The molecular weight excluding hydrogens is 264 g/mol. The van der Waals surface area contributed by atoms with Crippen LogP contribution in [0.5, 0.6) is 5.75 Å². The Morgan fingerprint density at radius 1 is 1.05 bits per heavy atom. The van der Waals surface area contributed by atoms with E-state index in [4.69, 9.17) is 4.74 Å². The minimum atomic E-state index is -0.271. The highest BCUT2D eigenvalue weighted by Gasteiger charge is 2.00. The quantitative estimate of drug-likeness (QED) is 0.668. The van der Waals surface area contributed by atoms with Crippen LogP contribution >= 0.6 is 0 Å². The fraction of sp³-hybridized carbons (Fsp3) is 0.0556. The number of allylic oxidation sites excluding steroid dienone is 2. The predicted octanol–water partition coefficient (Wildman–Crippen LogP) is 3.88. The maximum absolute atomic E-state index is 11.8. The van der Waals surface area contributed by atoms with Crippen molar-refractivity contribution in [2.75, 3.05) is 7.11 Å². The first kappa shape index (κ1) is 14.6. The number of methoxy groups -OCH3 is 1. The van der Waals surface area contributed by atoms with Gasteiger partial charge in [-0.1, -0.05) is 48.5 Å². The van der Waals surface area contributed by atoms with Crippen molar-refractivity contribution < 1.29 is 14.6 Å². The summed E-state index contributed by atoms with van der Waals surface area (Å²) in [5, 5.41) is 9.85. The van der Waals surface area contributed by atoms with Crippen LogP contribution in [0.25, 0.3) is 11.8 Å². The summed E-state index contributed by atoms with van der Waals surface area (Å²) >= 11 is 0. The molecule has 2 rings (SSSR count). The van der Waals surface area contributed by atoms with Gasteiger partial charge in [-0.2, -0.15) is 0 Å². The van der Waals surface area contributed by atoms with Gasteiger partial charge < -0.3 is 9.84 Å². The van der Waals surface area contributed by atoms with Crippen LogP contribution in [0.1, 0.15) is 11.1 Å². The van der Waals surface area contributed by atoms with Gasteiger partial charge in [-0.25, -0.2) is 0 Å². The Hall–Kier alpha value is -2.81. The van der Waals surface area contributed by atoms with E-state index in [1.807, 2.05) is 30.3 Å². The second-order valence-electron chi connectivity index (χ2n) is 4.40. The zero-order chi connectivity index (χ0) is 15.1. The first-order valence-electron chi connectivity index (χ1n) is 6.51. The van der Waals surface area contributed by atoms with Crippen molar-refractivity contribution in [3.8, 4) is 5.75 Å². The van der Waals surface area contributed by atoms with Gasteiger partial charge in [0.1, 0.15) is 11.5 Å². The molecule has 0 aliphatic heterocycles. The van der Waals surface area contributed by atoms with Crippen molar-refractivity contribution in [2.45, 2.75) is 0 Å². The van der Waals surface area contributed by atoms with Crippen molar-refractivity contribution in [1.82, 2.24) is 0 Å².